The van der Waals surface area contributed by atoms with Gasteiger partial charge in [0, 0.05) is 59.7 Å². The van der Waals surface area contributed by atoms with Crippen LogP contribution in [0.4, 0.5) is 0 Å². The number of hydrogen-bond acceptors (Lipinski definition) is 3. The highest BCUT2D eigenvalue weighted by molar-refractivity contribution is 5.81. The molecule has 1 aliphatic heterocycles. The third-order valence-electron chi connectivity index (χ3n) is 3.54. The lowest BCUT2D eigenvalue weighted by molar-refractivity contribution is -0.130. The molecule has 0 saturated carbocycles. The number of amides is 2. The molecule has 1 atom stereocenters. The van der Waals surface area contributed by atoms with Crippen molar-refractivity contribution in [1.82, 2.24) is 20.4 Å². The van der Waals surface area contributed by atoms with Crippen LogP contribution >= 0.6 is 0 Å². The first-order chi connectivity index (χ1) is 9.97. The standard InChI is InChI=1S/C14H27N5O2/c1-5-12(20)19-9-7-11(10-19)17-14(15-2)16-8-6-13(21)18(3)4/h11H,5-10H2,1-4H3,(H2,15,16,17). The number of carbonyl (C=O) groups is 2. The fourth-order valence-electron chi connectivity index (χ4n) is 2.23. The van der Waals surface area contributed by atoms with Crippen LogP contribution in [0.5, 0.6) is 0 Å². The smallest absolute Gasteiger partial charge is 0.223 e. The van der Waals surface area contributed by atoms with Crippen LogP contribution in [0.1, 0.15) is 26.2 Å². The van der Waals surface area contributed by atoms with Gasteiger partial charge >= 0.3 is 0 Å². The number of hydrogen-bond donors (Lipinski definition) is 2. The maximum atomic E-state index is 11.6. The zero-order chi connectivity index (χ0) is 15.8. The van der Waals surface area contributed by atoms with Gasteiger partial charge in [0.25, 0.3) is 0 Å². The van der Waals surface area contributed by atoms with Crippen LogP contribution in [0.25, 0.3) is 0 Å². The minimum absolute atomic E-state index is 0.0820. The highest BCUT2D eigenvalue weighted by atomic mass is 16.2. The number of likely N-dealkylation sites (tertiary alicyclic amines) is 1. The highest BCUT2D eigenvalue weighted by Gasteiger charge is 2.25. The second kappa shape index (κ2) is 8.49. The van der Waals surface area contributed by atoms with Gasteiger partial charge in [0.1, 0.15) is 0 Å². The Morgan fingerprint density at radius 1 is 1.38 bits per heavy atom. The van der Waals surface area contributed by atoms with E-state index in [0.717, 1.165) is 13.0 Å². The predicted octanol–water partition coefficient (Wildman–Crippen LogP) is -0.359. The molecule has 0 aromatic heterocycles. The van der Waals surface area contributed by atoms with Gasteiger partial charge in [-0.15, -0.1) is 0 Å². The Balaban J connectivity index is 2.32. The molecule has 0 aromatic carbocycles. The monoisotopic (exact) mass is 297 g/mol. The maximum absolute atomic E-state index is 11.6. The molecule has 1 unspecified atom stereocenters. The molecule has 0 bridgehead atoms. The van der Waals surface area contributed by atoms with Crippen LogP contribution in [0.2, 0.25) is 0 Å². The zero-order valence-electron chi connectivity index (χ0n) is 13.5. The van der Waals surface area contributed by atoms with E-state index >= 15 is 0 Å². The molecule has 0 aliphatic carbocycles. The topological polar surface area (TPSA) is 77.0 Å². The van der Waals surface area contributed by atoms with Gasteiger partial charge in [-0.05, 0) is 6.42 Å². The van der Waals surface area contributed by atoms with Gasteiger partial charge in [-0.1, -0.05) is 6.92 Å². The molecule has 1 saturated heterocycles. The quantitative estimate of drug-likeness (QED) is 0.537. The largest absolute Gasteiger partial charge is 0.356 e. The van der Waals surface area contributed by atoms with Crippen LogP contribution < -0.4 is 10.6 Å². The Morgan fingerprint density at radius 3 is 2.67 bits per heavy atom. The molecule has 7 nitrogen and oxygen atoms in total. The maximum Gasteiger partial charge on any atom is 0.223 e. The fraction of sp³-hybridized carbons (Fsp3) is 0.786. The first kappa shape index (κ1) is 17.3. The third kappa shape index (κ3) is 5.61. The SMILES string of the molecule is CCC(=O)N1CCC(NC(=NC)NCCC(=O)N(C)C)C1. The van der Waals surface area contributed by atoms with E-state index in [1.165, 1.54) is 0 Å². The lowest BCUT2D eigenvalue weighted by atomic mass is 10.3. The average molecular weight is 297 g/mol. The average Bonchev–Trinajstić information content (AvgIpc) is 2.93. The Morgan fingerprint density at radius 2 is 2.10 bits per heavy atom. The van der Waals surface area contributed by atoms with Crippen LogP contribution in [0.3, 0.4) is 0 Å². The lowest BCUT2D eigenvalue weighted by Crippen LogP contribution is -2.45. The number of nitrogens with zero attached hydrogens (tertiary/aromatic N) is 3. The van der Waals surface area contributed by atoms with Crippen LogP contribution in [-0.4, -0.2) is 74.4 Å². The molecule has 1 fully saturated rings. The summed E-state index contributed by atoms with van der Waals surface area (Å²) in [4.78, 5) is 30.7. The van der Waals surface area contributed by atoms with E-state index in [1.54, 1.807) is 26.0 Å². The number of nitrogens with one attached hydrogen (secondary N) is 2. The van der Waals surface area contributed by atoms with E-state index in [9.17, 15) is 9.59 Å². The van der Waals surface area contributed by atoms with Gasteiger partial charge < -0.3 is 20.4 Å². The molecule has 0 spiro atoms. The molecule has 21 heavy (non-hydrogen) atoms. The minimum atomic E-state index is 0.0820. The van der Waals surface area contributed by atoms with Gasteiger partial charge in [0.15, 0.2) is 5.96 Å². The number of carbonyl (C=O) groups excluding carboxylic acids is 2. The Labute approximate surface area is 126 Å². The van der Waals surface area contributed by atoms with E-state index in [-0.39, 0.29) is 17.9 Å². The zero-order valence-corrected chi connectivity index (χ0v) is 13.5. The van der Waals surface area contributed by atoms with Crippen LogP contribution in [0.15, 0.2) is 4.99 Å². The van der Waals surface area contributed by atoms with Crippen molar-refractivity contribution < 1.29 is 9.59 Å². The van der Waals surface area contributed by atoms with Crippen molar-refractivity contribution in [2.45, 2.75) is 32.2 Å². The molecule has 1 aliphatic rings. The van der Waals surface area contributed by atoms with Crippen molar-refractivity contribution in [3.8, 4) is 0 Å². The van der Waals surface area contributed by atoms with E-state index in [0.29, 0.717) is 31.9 Å². The molecule has 7 heteroatoms. The van der Waals surface area contributed by atoms with Crippen molar-refractivity contribution in [2.24, 2.45) is 4.99 Å². The minimum Gasteiger partial charge on any atom is -0.356 e. The summed E-state index contributed by atoms with van der Waals surface area (Å²) in [6, 6.07) is 0.219. The molecular formula is C14H27N5O2. The molecule has 2 N–H and O–H groups in total. The lowest BCUT2D eigenvalue weighted by Gasteiger charge is -2.19. The van der Waals surface area contributed by atoms with Crippen LogP contribution in [-0.2, 0) is 9.59 Å². The normalized spacial score (nSPS) is 18.6. The van der Waals surface area contributed by atoms with E-state index < -0.39 is 0 Å². The molecular weight excluding hydrogens is 270 g/mol. The second-order valence-electron chi connectivity index (χ2n) is 5.36. The van der Waals surface area contributed by atoms with Gasteiger partial charge in [-0.3, -0.25) is 14.6 Å². The van der Waals surface area contributed by atoms with Gasteiger partial charge in [-0.25, -0.2) is 0 Å². The van der Waals surface area contributed by atoms with Crippen molar-refractivity contribution in [1.29, 1.82) is 0 Å². The summed E-state index contributed by atoms with van der Waals surface area (Å²) in [5, 5.41) is 6.43. The van der Waals surface area contributed by atoms with Gasteiger partial charge in [0.2, 0.25) is 11.8 Å². The molecule has 0 radical (unpaired) electrons. The van der Waals surface area contributed by atoms with E-state index in [2.05, 4.69) is 15.6 Å². The summed E-state index contributed by atoms with van der Waals surface area (Å²) in [5.74, 6) is 0.953. The van der Waals surface area contributed by atoms with Crippen molar-refractivity contribution in [3.05, 3.63) is 0 Å². The Bertz CT molecular complexity index is 395. The van der Waals surface area contributed by atoms with Crippen molar-refractivity contribution in [2.75, 3.05) is 40.8 Å². The Hall–Kier alpha value is -1.79. The molecule has 2 amide bonds. The first-order valence-electron chi connectivity index (χ1n) is 7.43. The number of guanidine groups is 1. The summed E-state index contributed by atoms with van der Waals surface area (Å²) in [7, 11) is 5.19. The number of rotatable bonds is 5. The van der Waals surface area contributed by atoms with Gasteiger partial charge in [0.05, 0.1) is 0 Å². The van der Waals surface area contributed by atoms with E-state index in [4.69, 9.17) is 0 Å². The van der Waals surface area contributed by atoms with Crippen molar-refractivity contribution in [3.63, 3.8) is 0 Å². The fourth-order valence-corrected chi connectivity index (χ4v) is 2.23. The predicted molar refractivity (Wildman–Crippen MR) is 83.1 cm³/mol. The molecule has 1 heterocycles. The molecule has 120 valence electrons. The summed E-state index contributed by atoms with van der Waals surface area (Å²) in [6.07, 6.45) is 1.90. The summed E-state index contributed by atoms with van der Waals surface area (Å²) in [6.45, 7) is 3.93. The van der Waals surface area contributed by atoms with Crippen LogP contribution in [0, 0.1) is 0 Å². The Kier molecular flexibility index (Phi) is 6.98. The van der Waals surface area contributed by atoms with Crippen molar-refractivity contribution >= 4 is 17.8 Å². The summed E-state index contributed by atoms with van der Waals surface area (Å²) < 4.78 is 0. The van der Waals surface area contributed by atoms with Gasteiger partial charge in [-0.2, -0.15) is 0 Å². The molecule has 0 aromatic rings. The second-order valence-corrected chi connectivity index (χ2v) is 5.36. The highest BCUT2D eigenvalue weighted by Crippen LogP contribution is 2.10. The summed E-state index contributed by atoms with van der Waals surface area (Å²) in [5.41, 5.74) is 0. The third-order valence-corrected chi connectivity index (χ3v) is 3.54. The molecule has 1 rings (SSSR count). The number of aliphatic imine (C=N–C) groups is 1. The first-order valence-corrected chi connectivity index (χ1v) is 7.43. The summed E-state index contributed by atoms with van der Waals surface area (Å²) >= 11 is 0. The van der Waals surface area contributed by atoms with E-state index in [1.807, 2.05) is 11.8 Å².